The van der Waals surface area contributed by atoms with Crippen molar-refractivity contribution < 1.29 is 0 Å². The molecule has 2 aromatic rings. The monoisotopic (exact) mass is 233 g/mol. The number of anilines is 1. The van der Waals surface area contributed by atoms with E-state index in [0.717, 1.165) is 10.6 Å². The minimum atomic E-state index is 0.601. The molecule has 0 spiro atoms. The average Bonchev–Trinajstić information content (AvgIpc) is 2.33. The summed E-state index contributed by atoms with van der Waals surface area (Å²) in [6, 6.07) is 1.79. The average molecular weight is 233 g/mol. The molecule has 0 unspecified atom stereocenters. The zero-order chi connectivity index (χ0) is 11.4. The van der Waals surface area contributed by atoms with Gasteiger partial charge in [-0.05, 0) is 24.8 Å². The number of nitrogens with zero attached hydrogens (tertiary/aromatic N) is 4. The summed E-state index contributed by atoms with van der Waals surface area (Å²) in [6.07, 6.45) is 5.21. The second-order valence-electron chi connectivity index (χ2n) is 3.07. The Hall–Kier alpha value is -1.69. The van der Waals surface area contributed by atoms with Gasteiger partial charge in [-0.15, -0.1) is 0 Å². The van der Waals surface area contributed by atoms with E-state index in [4.69, 9.17) is 0 Å². The topological polar surface area (TPSA) is 63.6 Å². The first-order valence-corrected chi connectivity index (χ1v) is 5.57. The fourth-order valence-electron chi connectivity index (χ4n) is 1.07. The van der Waals surface area contributed by atoms with Crippen LogP contribution in [0.4, 0.5) is 5.95 Å². The Balaban J connectivity index is 2.27. The molecule has 0 fully saturated rings. The van der Waals surface area contributed by atoms with Crippen LogP contribution in [0.1, 0.15) is 5.56 Å². The number of rotatable bonds is 3. The van der Waals surface area contributed by atoms with Gasteiger partial charge in [-0.3, -0.25) is 0 Å². The van der Waals surface area contributed by atoms with Crippen LogP contribution in [0.15, 0.2) is 34.8 Å². The van der Waals surface area contributed by atoms with Gasteiger partial charge >= 0.3 is 0 Å². The Morgan fingerprint density at radius 1 is 1.19 bits per heavy atom. The highest BCUT2D eigenvalue weighted by molar-refractivity contribution is 7.99. The van der Waals surface area contributed by atoms with E-state index in [1.165, 1.54) is 11.8 Å². The largest absolute Gasteiger partial charge is 0.357 e. The maximum Gasteiger partial charge on any atom is 0.223 e. The van der Waals surface area contributed by atoms with Crippen molar-refractivity contribution in [2.75, 3.05) is 12.4 Å². The summed E-state index contributed by atoms with van der Waals surface area (Å²) >= 11 is 1.43. The summed E-state index contributed by atoms with van der Waals surface area (Å²) in [5.41, 5.74) is 1.01. The van der Waals surface area contributed by atoms with Gasteiger partial charge < -0.3 is 5.32 Å². The fourth-order valence-corrected chi connectivity index (χ4v) is 1.82. The van der Waals surface area contributed by atoms with Gasteiger partial charge in [0.05, 0.1) is 0 Å². The molecule has 2 heterocycles. The highest BCUT2D eigenvalue weighted by atomic mass is 32.2. The number of hydrogen-bond acceptors (Lipinski definition) is 6. The van der Waals surface area contributed by atoms with Crippen LogP contribution in [0, 0.1) is 6.92 Å². The molecule has 2 rings (SSSR count). The Labute approximate surface area is 97.8 Å². The molecular weight excluding hydrogens is 222 g/mol. The molecule has 0 aromatic carbocycles. The molecule has 0 bridgehead atoms. The van der Waals surface area contributed by atoms with E-state index >= 15 is 0 Å². The number of aryl methyl sites for hydroxylation is 1. The Kier molecular flexibility index (Phi) is 3.31. The first-order valence-electron chi connectivity index (χ1n) is 4.76. The smallest absolute Gasteiger partial charge is 0.223 e. The molecule has 0 saturated heterocycles. The van der Waals surface area contributed by atoms with Gasteiger partial charge in [0, 0.05) is 31.2 Å². The zero-order valence-electron chi connectivity index (χ0n) is 9.01. The summed E-state index contributed by atoms with van der Waals surface area (Å²) in [5, 5.41) is 4.46. The van der Waals surface area contributed by atoms with Crippen LogP contribution in [0.2, 0.25) is 0 Å². The Morgan fingerprint density at radius 3 is 2.62 bits per heavy atom. The number of aromatic nitrogens is 4. The highest BCUT2D eigenvalue weighted by Crippen LogP contribution is 2.25. The van der Waals surface area contributed by atoms with Gasteiger partial charge in [-0.1, -0.05) is 0 Å². The first-order chi connectivity index (χ1) is 7.79. The van der Waals surface area contributed by atoms with E-state index in [1.807, 2.05) is 6.92 Å². The molecule has 2 aromatic heterocycles. The number of hydrogen-bond donors (Lipinski definition) is 1. The fraction of sp³-hybridized carbons (Fsp3) is 0.200. The van der Waals surface area contributed by atoms with Crippen molar-refractivity contribution in [3.63, 3.8) is 0 Å². The minimum absolute atomic E-state index is 0.601. The number of nitrogens with one attached hydrogen (secondary N) is 1. The molecular formula is C10H11N5S. The van der Waals surface area contributed by atoms with Crippen molar-refractivity contribution >= 4 is 17.7 Å². The van der Waals surface area contributed by atoms with Gasteiger partial charge in [0.1, 0.15) is 5.03 Å². The molecule has 6 heteroatoms. The lowest BCUT2D eigenvalue weighted by Gasteiger charge is -2.04. The summed E-state index contributed by atoms with van der Waals surface area (Å²) in [7, 11) is 1.79. The highest BCUT2D eigenvalue weighted by Gasteiger charge is 2.06. The molecule has 0 amide bonds. The molecule has 0 radical (unpaired) electrons. The third-order valence-electron chi connectivity index (χ3n) is 1.88. The van der Waals surface area contributed by atoms with E-state index < -0.39 is 0 Å². The van der Waals surface area contributed by atoms with Crippen molar-refractivity contribution in [2.24, 2.45) is 0 Å². The van der Waals surface area contributed by atoms with E-state index in [1.54, 1.807) is 31.7 Å². The quantitative estimate of drug-likeness (QED) is 0.644. The lowest BCUT2D eigenvalue weighted by Crippen LogP contribution is -1.98. The summed E-state index contributed by atoms with van der Waals surface area (Å²) < 4.78 is 0. The molecule has 5 nitrogen and oxygen atoms in total. The Bertz CT molecular complexity index is 474. The predicted octanol–water partition coefficient (Wildman–Crippen LogP) is 1.77. The van der Waals surface area contributed by atoms with Crippen molar-refractivity contribution in [1.29, 1.82) is 0 Å². The van der Waals surface area contributed by atoms with Crippen LogP contribution < -0.4 is 5.32 Å². The van der Waals surface area contributed by atoms with Crippen LogP contribution in [0.5, 0.6) is 0 Å². The Morgan fingerprint density at radius 2 is 1.94 bits per heavy atom. The van der Waals surface area contributed by atoms with Gasteiger partial charge in [-0.25, -0.2) is 19.9 Å². The van der Waals surface area contributed by atoms with E-state index in [-0.39, 0.29) is 0 Å². The maximum atomic E-state index is 4.35. The lowest BCUT2D eigenvalue weighted by atomic mass is 10.4. The minimum Gasteiger partial charge on any atom is -0.357 e. The molecule has 16 heavy (non-hydrogen) atoms. The second kappa shape index (κ2) is 4.89. The first kappa shape index (κ1) is 10.8. The molecule has 0 aliphatic heterocycles. The van der Waals surface area contributed by atoms with E-state index in [2.05, 4.69) is 25.3 Å². The SMILES string of the molecule is CNc1ncc(C)c(Sc2ncccn2)n1. The zero-order valence-corrected chi connectivity index (χ0v) is 9.82. The molecule has 0 atom stereocenters. The van der Waals surface area contributed by atoms with Crippen LogP contribution in [-0.2, 0) is 0 Å². The van der Waals surface area contributed by atoms with Crippen LogP contribution in [-0.4, -0.2) is 27.0 Å². The van der Waals surface area contributed by atoms with Crippen molar-refractivity contribution in [2.45, 2.75) is 17.1 Å². The predicted molar refractivity (Wildman–Crippen MR) is 62.5 cm³/mol. The maximum absolute atomic E-state index is 4.35. The molecule has 0 aliphatic carbocycles. The van der Waals surface area contributed by atoms with Gasteiger partial charge in [-0.2, -0.15) is 0 Å². The van der Waals surface area contributed by atoms with Gasteiger partial charge in [0.2, 0.25) is 5.95 Å². The lowest BCUT2D eigenvalue weighted by molar-refractivity contribution is 0.947. The second-order valence-corrected chi connectivity index (χ2v) is 4.02. The van der Waals surface area contributed by atoms with Crippen LogP contribution in [0.3, 0.4) is 0 Å². The van der Waals surface area contributed by atoms with Gasteiger partial charge in [0.25, 0.3) is 0 Å². The van der Waals surface area contributed by atoms with Crippen LogP contribution in [0.25, 0.3) is 0 Å². The normalized spacial score (nSPS) is 10.1. The standard InChI is InChI=1S/C10H11N5S/c1-7-6-14-9(11-2)15-8(7)16-10-12-4-3-5-13-10/h3-6H,1-2H3,(H,11,14,15). The third kappa shape index (κ3) is 2.46. The summed E-state index contributed by atoms with van der Waals surface area (Å²) in [4.78, 5) is 16.8. The molecule has 82 valence electrons. The third-order valence-corrected chi connectivity index (χ3v) is 2.88. The van der Waals surface area contributed by atoms with Crippen molar-refractivity contribution in [1.82, 2.24) is 19.9 Å². The molecule has 0 aliphatic rings. The summed E-state index contributed by atoms with van der Waals surface area (Å²) in [5.74, 6) is 0.601. The van der Waals surface area contributed by atoms with Gasteiger partial charge in [0.15, 0.2) is 5.16 Å². The van der Waals surface area contributed by atoms with Crippen molar-refractivity contribution in [3.8, 4) is 0 Å². The van der Waals surface area contributed by atoms with Crippen LogP contribution >= 0.6 is 11.8 Å². The van der Waals surface area contributed by atoms with E-state index in [0.29, 0.717) is 11.1 Å². The molecule has 1 N–H and O–H groups in total. The van der Waals surface area contributed by atoms with Crippen molar-refractivity contribution in [3.05, 3.63) is 30.2 Å². The summed E-state index contributed by atoms with van der Waals surface area (Å²) in [6.45, 7) is 1.96. The molecule has 0 saturated carbocycles. The van der Waals surface area contributed by atoms with E-state index in [9.17, 15) is 0 Å².